The smallest absolute Gasteiger partial charge is 0.487 e. The van der Waals surface area contributed by atoms with Gasteiger partial charge in [-0.25, -0.2) is 23.5 Å². The first-order valence-electron chi connectivity index (χ1n) is 14.5. The maximum atomic E-state index is 14.1. The molecule has 5 rings (SSSR count). The molecule has 2 aliphatic rings. The molecule has 2 N–H and O–H groups in total. The first-order valence-corrected chi connectivity index (χ1v) is 14.5. The minimum Gasteiger partial charge on any atom is -0.487 e. The first kappa shape index (κ1) is 32.9. The van der Waals surface area contributed by atoms with Crippen molar-refractivity contribution >= 4 is 17.6 Å². The molecule has 0 saturated carbocycles. The Morgan fingerprint density at radius 3 is 2.36 bits per heavy atom. The highest BCUT2D eigenvalue weighted by molar-refractivity contribution is 5.73. The van der Waals surface area contributed by atoms with Crippen molar-refractivity contribution in [2.45, 2.75) is 70.9 Å². The number of aliphatic carboxylic acids is 1. The molecule has 1 atom stereocenters. The Kier molecular flexibility index (Phi) is 11.0. The lowest BCUT2D eigenvalue weighted by molar-refractivity contribution is -0.192. The SMILES string of the molecule is CC[C@H](C)Nc1nc2c(nc1N1CCC(Oc3ccc(F)cc3F)CC1)CCN(Cc1ccccc1)C2.O=C(O)C(F)(F)F. The molecule has 2 aliphatic heterocycles. The third kappa shape index (κ3) is 9.01. The van der Waals surface area contributed by atoms with E-state index in [1.54, 1.807) is 0 Å². The number of piperidine rings is 1. The summed E-state index contributed by atoms with van der Waals surface area (Å²) in [5.74, 6) is -2.19. The highest BCUT2D eigenvalue weighted by Gasteiger charge is 2.38. The number of carboxylic acid groups (broad SMARTS) is 1. The number of aromatic nitrogens is 2. The Balaban J connectivity index is 0.000000566. The van der Waals surface area contributed by atoms with Gasteiger partial charge in [0.15, 0.2) is 23.2 Å². The van der Waals surface area contributed by atoms with Crippen LogP contribution in [0.4, 0.5) is 33.6 Å². The predicted molar refractivity (Wildman–Crippen MR) is 156 cm³/mol. The molecule has 1 fully saturated rings. The fourth-order valence-corrected chi connectivity index (χ4v) is 4.94. The van der Waals surface area contributed by atoms with Crippen molar-refractivity contribution in [3.8, 4) is 5.75 Å². The molecule has 1 saturated heterocycles. The van der Waals surface area contributed by atoms with E-state index >= 15 is 0 Å². The number of carbonyl (C=O) groups is 1. The first-order chi connectivity index (χ1) is 20.9. The Hall–Kier alpha value is -4.00. The van der Waals surface area contributed by atoms with E-state index in [2.05, 4.69) is 53.2 Å². The van der Waals surface area contributed by atoms with Crippen LogP contribution in [0.3, 0.4) is 0 Å². The average Bonchev–Trinajstić information content (AvgIpc) is 2.99. The highest BCUT2D eigenvalue weighted by atomic mass is 19.4. The second kappa shape index (κ2) is 14.7. The van der Waals surface area contributed by atoms with Crippen molar-refractivity contribution in [1.82, 2.24) is 14.9 Å². The Bertz CT molecular complexity index is 1400. The lowest BCUT2D eigenvalue weighted by Crippen LogP contribution is -2.40. The second-order valence-electron chi connectivity index (χ2n) is 10.9. The number of anilines is 2. The van der Waals surface area contributed by atoms with E-state index in [0.717, 1.165) is 87.5 Å². The van der Waals surface area contributed by atoms with Gasteiger partial charge in [-0.3, -0.25) is 4.90 Å². The van der Waals surface area contributed by atoms with Crippen LogP contribution < -0.4 is 15.0 Å². The Morgan fingerprint density at radius 2 is 1.75 bits per heavy atom. The van der Waals surface area contributed by atoms with Gasteiger partial charge in [-0.05, 0) is 31.0 Å². The van der Waals surface area contributed by atoms with Crippen LogP contribution in [0.25, 0.3) is 0 Å². The van der Waals surface area contributed by atoms with Crippen molar-refractivity contribution in [3.63, 3.8) is 0 Å². The maximum absolute atomic E-state index is 14.1. The van der Waals surface area contributed by atoms with Crippen LogP contribution in [0.5, 0.6) is 5.75 Å². The number of hydrogen-bond acceptors (Lipinski definition) is 7. The molecule has 3 aromatic rings. The quantitative estimate of drug-likeness (QED) is 0.287. The van der Waals surface area contributed by atoms with E-state index in [4.69, 9.17) is 24.6 Å². The number of halogens is 5. The zero-order chi connectivity index (χ0) is 31.9. The fraction of sp³-hybridized carbons (Fsp3) is 0.452. The molecule has 0 spiro atoms. The molecule has 1 aromatic heterocycles. The summed E-state index contributed by atoms with van der Waals surface area (Å²) >= 11 is 0. The van der Waals surface area contributed by atoms with Crippen LogP contribution in [0.2, 0.25) is 0 Å². The summed E-state index contributed by atoms with van der Waals surface area (Å²) in [5, 5.41) is 10.7. The van der Waals surface area contributed by atoms with Crippen molar-refractivity contribution in [2.75, 3.05) is 29.9 Å². The minimum absolute atomic E-state index is 0.104. The number of rotatable bonds is 8. The molecule has 238 valence electrons. The second-order valence-corrected chi connectivity index (χ2v) is 10.9. The van der Waals surface area contributed by atoms with Gasteiger partial charge in [-0.2, -0.15) is 13.2 Å². The monoisotopic (exact) mass is 621 g/mol. The van der Waals surface area contributed by atoms with E-state index in [1.165, 1.54) is 17.7 Å². The van der Waals surface area contributed by atoms with E-state index in [1.807, 2.05) is 6.07 Å². The van der Waals surface area contributed by atoms with Gasteiger partial charge < -0.3 is 20.1 Å². The molecule has 0 bridgehead atoms. The number of fused-ring (bicyclic) bond motifs is 1. The topological polar surface area (TPSA) is 90.8 Å². The predicted octanol–water partition coefficient (Wildman–Crippen LogP) is 6.20. The van der Waals surface area contributed by atoms with Gasteiger partial charge in [-0.1, -0.05) is 37.3 Å². The van der Waals surface area contributed by atoms with E-state index in [9.17, 15) is 22.0 Å². The summed E-state index contributed by atoms with van der Waals surface area (Å²) in [6.45, 7) is 8.41. The molecule has 2 aromatic carbocycles. The summed E-state index contributed by atoms with van der Waals surface area (Å²) < 4.78 is 64.9. The van der Waals surface area contributed by atoms with E-state index in [-0.39, 0.29) is 17.9 Å². The summed E-state index contributed by atoms with van der Waals surface area (Å²) in [6.07, 6.45) is -1.90. The van der Waals surface area contributed by atoms with Crippen molar-refractivity contribution < 1.29 is 36.6 Å². The van der Waals surface area contributed by atoms with Gasteiger partial charge in [0.2, 0.25) is 0 Å². The maximum Gasteiger partial charge on any atom is 0.490 e. The number of hydrogen-bond donors (Lipinski definition) is 2. The average molecular weight is 622 g/mol. The largest absolute Gasteiger partial charge is 0.490 e. The van der Waals surface area contributed by atoms with E-state index in [0.29, 0.717) is 0 Å². The fourth-order valence-electron chi connectivity index (χ4n) is 4.94. The van der Waals surface area contributed by atoms with Crippen molar-refractivity contribution in [1.29, 1.82) is 0 Å². The molecular formula is C31H36F5N5O3. The minimum atomic E-state index is -5.08. The lowest BCUT2D eigenvalue weighted by atomic mass is 10.1. The Labute approximate surface area is 252 Å². The third-order valence-electron chi connectivity index (χ3n) is 7.49. The van der Waals surface area contributed by atoms with Crippen LogP contribution >= 0.6 is 0 Å². The van der Waals surface area contributed by atoms with Crippen molar-refractivity contribution in [3.05, 3.63) is 77.1 Å². The highest BCUT2D eigenvalue weighted by Crippen LogP contribution is 2.31. The molecule has 0 unspecified atom stereocenters. The molecule has 44 heavy (non-hydrogen) atoms. The van der Waals surface area contributed by atoms with E-state index < -0.39 is 23.8 Å². The normalized spacial score (nSPS) is 16.4. The van der Waals surface area contributed by atoms with Gasteiger partial charge in [0.25, 0.3) is 0 Å². The van der Waals surface area contributed by atoms with Crippen LogP contribution in [0.15, 0.2) is 48.5 Å². The van der Waals surface area contributed by atoms with Gasteiger partial charge in [0, 0.05) is 64.1 Å². The molecule has 0 aliphatic carbocycles. The molecule has 8 nitrogen and oxygen atoms in total. The van der Waals surface area contributed by atoms with Gasteiger partial charge >= 0.3 is 12.1 Å². The van der Waals surface area contributed by atoms with Crippen LogP contribution in [0.1, 0.15) is 50.1 Å². The number of nitrogens with zero attached hydrogens (tertiary/aromatic N) is 4. The summed E-state index contributed by atoms with van der Waals surface area (Å²) in [7, 11) is 0. The molecule has 0 radical (unpaired) electrons. The Morgan fingerprint density at radius 1 is 1.07 bits per heavy atom. The van der Waals surface area contributed by atoms with Crippen LogP contribution in [-0.2, 0) is 24.3 Å². The molecule has 3 heterocycles. The van der Waals surface area contributed by atoms with Crippen LogP contribution in [0, 0.1) is 11.6 Å². The summed E-state index contributed by atoms with van der Waals surface area (Å²) in [5.41, 5.74) is 3.42. The zero-order valence-electron chi connectivity index (χ0n) is 24.6. The lowest BCUT2D eigenvalue weighted by Gasteiger charge is -2.35. The molecular weight excluding hydrogens is 585 g/mol. The molecule has 13 heteroatoms. The van der Waals surface area contributed by atoms with Gasteiger partial charge in [0.1, 0.15) is 11.9 Å². The molecule has 0 amide bonds. The van der Waals surface area contributed by atoms with Gasteiger partial charge in [-0.15, -0.1) is 0 Å². The van der Waals surface area contributed by atoms with Crippen molar-refractivity contribution in [2.24, 2.45) is 0 Å². The number of carboxylic acids is 1. The summed E-state index contributed by atoms with van der Waals surface area (Å²) in [6, 6.07) is 14.3. The van der Waals surface area contributed by atoms with Gasteiger partial charge in [0.05, 0.1) is 11.4 Å². The number of nitrogens with one attached hydrogen (secondary N) is 1. The van der Waals surface area contributed by atoms with Crippen LogP contribution in [-0.4, -0.2) is 63.9 Å². The zero-order valence-corrected chi connectivity index (χ0v) is 24.6. The number of alkyl halides is 3. The number of benzene rings is 2. The number of ether oxygens (including phenoxy) is 1. The standard InChI is InChI=1S/C29H35F2N5O.C2HF3O2/c1-3-20(2)32-28-29(36-15-11-23(12-16-36)37-27-10-9-22(30)17-24(27)31)34-25-13-14-35(19-26(25)33-28)18-21-7-5-4-6-8-21;3-2(4,5)1(6)7/h4-10,17,20,23H,3,11-16,18-19H2,1-2H3,(H,32,33);(H,6,7)/t20-;/m0./s1. The third-order valence-corrected chi connectivity index (χ3v) is 7.49. The summed E-state index contributed by atoms with van der Waals surface area (Å²) in [4.78, 5) is 23.8.